The van der Waals surface area contributed by atoms with Crippen molar-refractivity contribution < 1.29 is 9.53 Å². The lowest BCUT2D eigenvalue weighted by molar-refractivity contribution is 0.0471. The number of nitrogens with zero attached hydrogens (tertiary/aromatic N) is 1. The van der Waals surface area contributed by atoms with Gasteiger partial charge in [-0.15, -0.1) is 0 Å². The molecule has 0 saturated carbocycles. The van der Waals surface area contributed by atoms with Crippen LogP contribution in [0.3, 0.4) is 0 Å². The zero-order valence-corrected chi connectivity index (χ0v) is 10.8. The second-order valence-corrected chi connectivity index (χ2v) is 4.76. The van der Waals surface area contributed by atoms with E-state index in [0.29, 0.717) is 17.9 Å². The molecule has 1 saturated heterocycles. The molecule has 1 aromatic carbocycles. The van der Waals surface area contributed by atoms with Crippen molar-refractivity contribution in [1.82, 2.24) is 4.90 Å². The van der Waals surface area contributed by atoms with E-state index in [1.165, 1.54) is 12.8 Å². The van der Waals surface area contributed by atoms with Crippen LogP contribution in [-0.4, -0.2) is 37.1 Å². The predicted molar refractivity (Wildman–Crippen MR) is 71.5 cm³/mol. The van der Waals surface area contributed by atoms with Crippen molar-refractivity contribution in [2.75, 3.05) is 32.0 Å². The van der Waals surface area contributed by atoms with Crippen LogP contribution in [0.4, 0.5) is 5.69 Å². The largest absolute Gasteiger partial charge is 0.461 e. The fourth-order valence-corrected chi connectivity index (χ4v) is 2.27. The molecule has 0 amide bonds. The number of benzene rings is 1. The number of nitrogen functional groups attached to an aromatic ring is 1. The summed E-state index contributed by atoms with van der Waals surface area (Å²) in [4.78, 5) is 14.2. The summed E-state index contributed by atoms with van der Waals surface area (Å²) < 4.78 is 5.29. The van der Waals surface area contributed by atoms with Gasteiger partial charge in [-0.2, -0.15) is 0 Å². The minimum Gasteiger partial charge on any atom is -0.461 e. The maximum absolute atomic E-state index is 11.9. The maximum Gasteiger partial charge on any atom is 0.338 e. The molecule has 1 aromatic rings. The number of likely N-dealkylation sites (tertiary alicyclic amines) is 1. The third-order valence-electron chi connectivity index (χ3n) is 3.31. The molecule has 2 rings (SSSR count). The monoisotopic (exact) mass is 248 g/mol. The van der Waals surface area contributed by atoms with Gasteiger partial charge < -0.3 is 10.5 Å². The normalized spacial score (nSPS) is 15.8. The topological polar surface area (TPSA) is 55.6 Å². The first kappa shape index (κ1) is 12.9. The standard InChI is InChI=1S/C14H20N2O2/c1-11-10-12(15)4-5-13(11)14(17)18-9-8-16-6-2-3-7-16/h4-5,10H,2-3,6-9,15H2,1H3. The molecule has 0 unspecified atom stereocenters. The molecule has 0 radical (unpaired) electrons. The molecule has 1 fully saturated rings. The highest BCUT2D eigenvalue weighted by molar-refractivity contribution is 5.91. The smallest absolute Gasteiger partial charge is 0.338 e. The van der Waals surface area contributed by atoms with Gasteiger partial charge in [0.15, 0.2) is 0 Å². The van der Waals surface area contributed by atoms with Gasteiger partial charge in [0.2, 0.25) is 0 Å². The van der Waals surface area contributed by atoms with Gasteiger partial charge in [0.1, 0.15) is 6.61 Å². The average Bonchev–Trinajstić information content (AvgIpc) is 2.81. The maximum atomic E-state index is 11.9. The van der Waals surface area contributed by atoms with Crippen LogP contribution in [0.1, 0.15) is 28.8 Å². The molecule has 0 spiro atoms. The molecule has 0 aromatic heterocycles. The van der Waals surface area contributed by atoms with Crippen LogP contribution in [0.25, 0.3) is 0 Å². The number of hydrogen-bond donors (Lipinski definition) is 1. The van der Waals surface area contributed by atoms with E-state index in [-0.39, 0.29) is 5.97 Å². The second kappa shape index (κ2) is 5.87. The van der Waals surface area contributed by atoms with Crippen LogP contribution in [0.15, 0.2) is 18.2 Å². The first-order valence-corrected chi connectivity index (χ1v) is 6.42. The number of aryl methyl sites for hydroxylation is 1. The summed E-state index contributed by atoms with van der Waals surface area (Å²) >= 11 is 0. The van der Waals surface area contributed by atoms with Gasteiger partial charge in [-0.3, -0.25) is 4.90 Å². The molecule has 4 nitrogen and oxygen atoms in total. The van der Waals surface area contributed by atoms with Gasteiger partial charge in [-0.1, -0.05) is 0 Å². The van der Waals surface area contributed by atoms with Gasteiger partial charge in [0.05, 0.1) is 5.56 Å². The van der Waals surface area contributed by atoms with Gasteiger partial charge in [-0.05, 0) is 56.6 Å². The first-order valence-electron chi connectivity index (χ1n) is 6.42. The Bertz CT molecular complexity index is 426. The number of anilines is 1. The molecule has 0 aliphatic carbocycles. The molecule has 1 aliphatic rings. The molecular weight excluding hydrogens is 228 g/mol. The molecule has 2 N–H and O–H groups in total. The fraction of sp³-hybridized carbons (Fsp3) is 0.500. The summed E-state index contributed by atoms with van der Waals surface area (Å²) in [5, 5.41) is 0. The zero-order chi connectivity index (χ0) is 13.0. The van der Waals surface area contributed by atoms with Crippen molar-refractivity contribution in [3.8, 4) is 0 Å². The Morgan fingerprint density at radius 3 is 2.78 bits per heavy atom. The molecule has 0 bridgehead atoms. The molecule has 1 heterocycles. The molecular formula is C14H20N2O2. The van der Waals surface area contributed by atoms with Gasteiger partial charge in [0.25, 0.3) is 0 Å². The van der Waals surface area contributed by atoms with Gasteiger partial charge in [-0.25, -0.2) is 4.79 Å². The highest BCUT2D eigenvalue weighted by atomic mass is 16.5. The lowest BCUT2D eigenvalue weighted by atomic mass is 10.1. The van der Waals surface area contributed by atoms with Crippen molar-refractivity contribution >= 4 is 11.7 Å². The van der Waals surface area contributed by atoms with Crippen LogP contribution in [-0.2, 0) is 4.74 Å². The average molecular weight is 248 g/mol. The summed E-state index contributed by atoms with van der Waals surface area (Å²) in [6.07, 6.45) is 2.51. The van der Waals surface area contributed by atoms with E-state index in [1.807, 2.05) is 6.92 Å². The molecule has 18 heavy (non-hydrogen) atoms. The third-order valence-corrected chi connectivity index (χ3v) is 3.31. The van der Waals surface area contributed by atoms with E-state index in [2.05, 4.69) is 4.90 Å². The highest BCUT2D eigenvalue weighted by Gasteiger charge is 2.13. The van der Waals surface area contributed by atoms with Crippen LogP contribution in [0.2, 0.25) is 0 Å². The van der Waals surface area contributed by atoms with E-state index in [9.17, 15) is 4.79 Å². The van der Waals surface area contributed by atoms with E-state index in [0.717, 1.165) is 25.2 Å². The molecule has 0 atom stereocenters. The first-order chi connectivity index (χ1) is 8.66. The number of ether oxygens (including phenoxy) is 1. The Morgan fingerprint density at radius 1 is 1.39 bits per heavy atom. The van der Waals surface area contributed by atoms with Crippen molar-refractivity contribution in [2.45, 2.75) is 19.8 Å². The quantitative estimate of drug-likeness (QED) is 0.652. The van der Waals surface area contributed by atoms with Crippen LogP contribution in [0.5, 0.6) is 0 Å². The van der Waals surface area contributed by atoms with Crippen molar-refractivity contribution in [1.29, 1.82) is 0 Å². The minimum atomic E-state index is -0.258. The SMILES string of the molecule is Cc1cc(N)ccc1C(=O)OCCN1CCCC1. The number of carbonyl (C=O) groups is 1. The number of hydrogen-bond acceptors (Lipinski definition) is 4. The Hall–Kier alpha value is -1.55. The van der Waals surface area contributed by atoms with E-state index >= 15 is 0 Å². The van der Waals surface area contributed by atoms with Crippen molar-refractivity contribution in [3.05, 3.63) is 29.3 Å². The van der Waals surface area contributed by atoms with Crippen LogP contribution in [0, 0.1) is 6.92 Å². The zero-order valence-electron chi connectivity index (χ0n) is 10.8. The fourth-order valence-electron chi connectivity index (χ4n) is 2.27. The van der Waals surface area contributed by atoms with E-state index in [1.54, 1.807) is 18.2 Å². The molecule has 1 aliphatic heterocycles. The molecule has 98 valence electrons. The molecule has 4 heteroatoms. The van der Waals surface area contributed by atoms with Crippen LogP contribution < -0.4 is 5.73 Å². The summed E-state index contributed by atoms with van der Waals surface area (Å²) in [5.41, 5.74) is 7.78. The van der Waals surface area contributed by atoms with E-state index < -0.39 is 0 Å². The highest BCUT2D eigenvalue weighted by Crippen LogP contribution is 2.13. The minimum absolute atomic E-state index is 0.258. The van der Waals surface area contributed by atoms with Crippen LogP contribution >= 0.6 is 0 Å². The summed E-state index contributed by atoms with van der Waals surface area (Å²) in [7, 11) is 0. The van der Waals surface area contributed by atoms with Gasteiger partial charge >= 0.3 is 5.97 Å². The summed E-state index contributed by atoms with van der Waals surface area (Å²) in [6, 6.07) is 5.24. The van der Waals surface area contributed by atoms with Gasteiger partial charge in [0, 0.05) is 12.2 Å². The second-order valence-electron chi connectivity index (χ2n) is 4.76. The lowest BCUT2D eigenvalue weighted by Gasteiger charge is -2.14. The Kier molecular flexibility index (Phi) is 4.20. The Labute approximate surface area is 108 Å². The third kappa shape index (κ3) is 3.23. The lowest BCUT2D eigenvalue weighted by Crippen LogP contribution is -2.25. The Balaban J connectivity index is 1.83. The number of carbonyl (C=O) groups excluding carboxylic acids is 1. The number of nitrogens with two attached hydrogens (primary N) is 1. The number of rotatable bonds is 4. The van der Waals surface area contributed by atoms with Crippen molar-refractivity contribution in [3.63, 3.8) is 0 Å². The Morgan fingerprint density at radius 2 is 2.11 bits per heavy atom. The predicted octanol–water partition coefficient (Wildman–Crippen LogP) is 1.83. The number of esters is 1. The summed E-state index contributed by atoms with van der Waals surface area (Å²) in [6.45, 7) is 5.41. The van der Waals surface area contributed by atoms with E-state index in [4.69, 9.17) is 10.5 Å². The van der Waals surface area contributed by atoms with Crippen molar-refractivity contribution in [2.24, 2.45) is 0 Å². The summed E-state index contributed by atoms with van der Waals surface area (Å²) in [5.74, 6) is -0.258.